The Morgan fingerprint density at radius 3 is 2.67 bits per heavy atom. The maximum absolute atomic E-state index is 12.4. The van der Waals surface area contributed by atoms with Crippen molar-refractivity contribution in [3.05, 3.63) is 22.8 Å². The normalized spacial score (nSPS) is 15.1. The van der Waals surface area contributed by atoms with E-state index in [1.165, 1.54) is 0 Å². The average Bonchev–Trinajstić information content (AvgIpc) is 2.43. The molecule has 0 atom stereocenters. The van der Waals surface area contributed by atoms with Gasteiger partial charge < -0.3 is 9.64 Å². The number of pyridine rings is 1. The predicted octanol–water partition coefficient (Wildman–Crippen LogP) is 3.65. The second-order valence-electron chi connectivity index (χ2n) is 5.55. The third-order valence-electron chi connectivity index (χ3n) is 3.79. The lowest BCUT2D eigenvalue weighted by atomic mass is 9.95. The fraction of sp³-hybridized carbons (Fsp3) is 0.625. The van der Waals surface area contributed by atoms with Crippen LogP contribution in [0.15, 0.2) is 22.8 Å². The third kappa shape index (κ3) is 4.19. The molecule has 1 aromatic heterocycles. The maximum atomic E-state index is 12.4. The molecule has 0 N–H and O–H groups in total. The quantitative estimate of drug-likeness (QED) is 0.750. The molecule has 1 aliphatic rings. The zero-order valence-corrected chi connectivity index (χ0v) is 14.3. The first-order valence-corrected chi connectivity index (χ1v) is 8.51. The molecule has 2 rings (SSSR count). The van der Waals surface area contributed by atoms with Crippen LogP contribution in [0.25, 0.3) is 0 Å². The number of carbonyl (C=O) groups is 1. The number of carbonyl (C=O) groups excluding carboxylic acids is 1. The van der Waals surface area contributed by atoms with Crippen LogP contribution in [0.2, 0.25) is 0 Å². The summed E-state index contributed by atoms with van der Waals surface area (Å²) in [6.45, 7) is 5.62. The Hall–Kier alpha value is -1.10. The van der Waals surface area contributed by atoms with E-state index in [-0.39, 0.29) is 12.0 Å². The van der Waals surface area contributed by atoms with Gasteiger partial charge in [-0.2, -0.15) is 0 Å². The first-order chi connectivity index (χ1) is 10.2. The summed E-state index contributed by atoms with van der Waals surface area (Å²) in [5.74, 6) is 1.08. The molecule has 0 saturated carbocycles. The highest BCUT2D eigenvalue weighted by molar-refractivity contribution is 9.10. The molecule has 0 aromatic carbocycles. The summed E-state index contributed by atoms with van der Waals surface area (Å²) in [6, 6.07) is 3.76. The van der Waals surface area contributed by atoms with Gasteiger partial charge in [0.2, 0.25) is 11.8 Å². The minimum Gasteiger partial charge on any atom is -0.470 e. The highest BCUT2D eigenvalue weighted by Crippen LogP contribution is 2.26. The fourth-order valence-corrected chi connectivity index (χ4v) is 3.00. The average molecular weight is 355 g/mol. The first kappa shape index (κ1) is 16.3. The third-order valence-corrected chi connectivity index (χ3v) is 4.39. The lowest BCUT2D eigenvalue weighted by molar-refractivity contribution is -0.145. The van der Waals surface area contributed by atoms with Crippen LogP contribution in [-0.2, 0) is 4.79 Å². The minimum absolute atomic E-state index is 0.0593. The van der Waals surface area contributed by atoms with E-state index in [2.05, 4.69) is 34.8 Å². The van der Waals surface area contributed by atoms with E-state index in [0.29, 0.717) is 24.9 Å². The number of hydrogen-bond acceptors (Lipinski definition) is 3. The number of aromatic nitrogens is 1. The monoisotopic (exact) mass is 354 g/mol. The largest absolute Gasteiger partial charge is 0.470 e. The second kappa shape index (κ2) is 7.78. The summed E-state index contributed by atoms with van der Waals surface area (Å²) in [5, 5.41) is 0. The lowest BCUT2D eigenvalue weighted by Gasteiger charge is -2.40. The summed E-state index contributed by atoms with van der Waals surface area (Å²) in [7, 11) is 0. The second-order valence-corrected chi connectivity index (χ2v) is 6.40. The van der Waals surface area contributed by atoms with Crippen molar-refractivity contribution in [1.82, 2.24) is 9.88 Å². The van der Waals surface area contributed by atoms with E-state index < -0.39 is 0 Å². The van der Waals surface area contributed by atoms with Crippen LogP contribution in [0.5, 0.6) is 5.88 Å². The molecule has 0 bridgehead atoms. The first-order valence-electron chi connectivity index (χ1n) is 7.71. The summed E-state index contributed by atoms with van der Waals surface area (Å²) in [6.07, 6.45) is 5.86. The molecule has 0 radical (unpaired) electrons. The molecular weight excluding hydrogens is 332 g/mol. The number of hydrogen-bond donors (Lipinski definition) is 0. The van der Waals surface area contributed by atoms with Gasteiger partial charge in [0, 0.05) is 12.1 Å². The SMILES string of the molecule is CCCC(CCC)C(=O)N1CC(Oc2ncccc2Br)C1. The summed E-state index contributed by atoms with van der Waals surface area (Å²) in [5.41, 5.74) is 0. The summed E-state index contributed by atoms with van der Waals surface area (Å²) >= 11 is 3.42. The van der Waals surface area contributed by atoms with E-state index >= 15 is 0 Å². The van der Waals surface area contributed by atoms with Gasteiger partial charge >= 0.3 is 0 Å². The van der Waals surface area contributed by atoms with E-state index in [9.17, 15) is 4.79 Å². The number of ether oxygens (including phenoxy) is 1. The molecule has 21 heavy (non-hydrogen) atoms. The Morgan fingerprint density at radius 2 is 2.10 bits per heavy atom. The van der Waals surface area contributed by atoms with Crippen LogP contribution in [0.4, 0.5) is 0 Å². The number of amides is 1. The van der Waals surface area contributed by atoms with Crippen LogP contribution in [0, 0.1) is 5.92 Å². The van der Waals surface area contributed by atoms with Crippen LogP contribution in [0.3, 0.4) is 0 Å². The zero-order valence-electron chi connectivity index (χ0n) is 12.7. The van der Waals surface area contributed by atoms with Crippen LogP contribution >= 0.6 is 15.9 Å². The Morgan fingerprint density at radius 1 is 1.43 bits per heavy atom. The van der Waals surface area contributed by atoms with Crippen LogP contribution in [0.1, 0.15) is 39.5 Å². The smallest absolute Gasteiger partial charge is 0.228 e. The Balaban J connectivity index is 1.83. The van der Waals surface area contributed by atoms with E-state index in [1.54, 1.807) is 6.20 Å². The maximum Gasteiger partial charge on any atom is 0.228 e. The molecule has 0 aliphatic carbocycles. The molecular formula is C16H23BrN2O2. The van der Waals surface area contributed by atoms with Crippen molar-refractivity contribution >= 4 is 21.8 Å². The Labute approximate surface area is 135 Å². The Bertz CT molecular complexity index is 469. The fourth-order valence-electron chi connectivity index (χ4n) is 2.65. The number of likely N-dealkylation sites (tertiary alicyclic amines) is 1. The lowest BCUT2D eigenvalue weighted by Crippen LogP contribution is -2.57. The van der Waals surface area contributed by atoms with E-state index in [0.717, 1.165) is 30.2 Å². The topological polar surface area (TPSA) is 42.4 Å². The van der Waals surface area contributed by atoms with Gasteiger partial charge in [0.1, 0.15) is 6.10 Å². The highest BCUT2D eigenvalue weighted by atomic mass is 79.9. The van der Waals surface area contributed by atoms with Crippen molar-refractivity contribution in [2.24, 2.45) is 5.92 Å². The van der Waals surface area contributed by atoms with Crippen LogP contribution < -0.4 is 4.74 Å². The van der Waals surface area contributed by atoms with Crippen molar-refractivity contribution in [1.29, 1.82) is 0 Å². The number of rotatable bonds is 7. The predicted molar refractivity (Wildman–Crippen MR) is 86.2 cm³/mol. The minimum atomic E-state index is 0.0593. The van der Waals surface area contributed by atoms with E-state index in [4.69, 9.17) is 4.74 Å². The van der Waals surface area contributed by atoms with Crippen molar-refractivity contribution in [2.45, 2.75) is 45.6 Å². The van der Waals surface area contributed by atoms with Gasteiger partial charge in [-0.25, -0.2) is 4.98 Å². The molecule has 1 aromatic rings. The standard InChI is InChI=1S/C16H23BrN2O2/c1-3-6-12(7-4-2)16(20)19-10-13(11-19)21-15-14(17)8-5-9-18-15/h5,8-9,12-13H,3-4,6-7,10-11H2,1-2H3. The molecule has 0 spiro atoms. The number of nitrogens with zero attached hydrogens (tertiary/aromatic N) is 2. The Kier molecular flexibility index (Phi) is 6.03. The molecule has 1 amide bonds. The van der Waals surface area contributed by atoms with Crippen molar-refractivity contribution < 1.29 is 9.53 Å². The van der Waals surface area contributed by atoms with Gasteiger partial charge in [0.25, 0.3) is 0 Å². The summed E-state index contributed by atoms with van der Waals surface area (Å²) < 4.78 is 6.66. The molecule has 0 unspecified atom stereocenters. The number of halogens is 1. The van der Waals surface area contributed by atoms with E-state index in [1.807, 2.05) is 17.0 Å². The molecule has 1 aliphatic heterocycles. The van der Waals surface area contributed by atoms with Gasteiger partial charge in [-0.15, -0.1) is 0 Å². The van der Waals surface area contributed by atoms with Gasteiger partial charge in [-0.1, -0.05) is 26.7 Å². The van der Waals surface area contributed by atoms with Crippen molar-refractivity contribution in [2.75, 3.05) is 13.1 Å². The molecule has 4 nitrogen and oxygen atoms in total. The van der Waals surface area contributed by atoms with Crippen molar-refractivity contribution in [3.8, 4) is 5.88 Å². The van der Waals surface area contributed by atoms with Crippen LogP contribution in [-0.4, -0.2) is 35.0 Å². The zero-order chi connectivity index (χ0) is 15.2. The van der Waals surface area contributed by atoms with Gasteiger partial charge in [0.05, 0.1) is 17.6 Å². The van der Waals surface area contributed by atoms with Gasteiger partial charge in [-0.3, -0.25) is 4.79 Å². The van der Waals surface area contributed by atoms with Gasteiger partial charge in [0.15, 0.2) is 0 Å². The molecule has 116 valence electrons. The summed E-state index contributed by atoms with van der Waals surface area (Å²) in [4.78, 5) is 18.5. The van der Waals surface area contributed by atoms with Crippen molar-refractivity contribution in [3.63, 3.8) is 0 Å². The molecule has 1 fully saturated rings. The highest BCUT2D eigenvalue weighted by Gasteiger charge is 2.35. The van der Waals surface area contributed by atoms with Gasteiger partial charge in [-0.05, 0) is 40.9 Å². The molecule has 1 saturated heterocycles. The molecule has 5 heteroatoms. The molecule has 2 heterocycles.